The highest BCUT2D eigenvalue weighted by molar-refractivity contribution is 6.31. The van der Waals surface area contributed by atoms with Gasteiger partial charge in [-0.25, -0.2) is 9.97 Å². The molecule has 1 aromatic carbocycles. The lowest BCUT2D eigenvalue weighted by molar-refractivity contribution is -0.137. The molecule has 2 heterocycles. The lowest BCUT2D eigenvalue weighted by Gasteiger charge is -2.11. The Morgan fingerprint density at radius 3 is 2.57 bits per heavy atom. The van der Waals surface area contributed by atoms with Crippen LogP contribution in [-0.4, -0.2) is 21.7 Å². The molecule has 0 spiro atoms. The molecular weight excluding hydrogens is 483 g/mol. The van der Waals surface area contributed by atoms with Crippen molar-refractivity contribution < 1.29 is 27.5 Å². The molecule has 1 amide bonds. The Kier molecular flexibility index (Phi) is 7.07. The molecule has 1 aliphatic carbocycles. The average molecular weight is 504 g/mol. The second kappa shape index (κ2) is 10.0. The predicted octanol–water partition coefficient (Wildman–Crippen LogP) is 5.95. The number of nitrogens with one attached hydrogen (secondary N) is 1. The number of benzene rings is 1. The smallest absolute Gasteiger partial charge is 0.417 e. The van der Waals surface area contributed by atoms with Gasteiger partial charge in [-0.3, -0.25) is 9.59 Å². The minimum atomic E-state index is -4.59. The van der Waals surface area contributed by atoms with Crippen LogP contribution in [-0.2, 0) is 28.6 Å². The van der Waals surface area contributed by atoms with Crippen LogP contribution in [0.25, 0.3) is 0 Å². The fraction of sp³-hybridized carbons (Fsp3) is 0.280. The molecule has 0 aliphatic heterocycles. The van der Waals surface area contributed by atoms with Crippen LogP contribution in [0.1, 0.15) is 35.1 Å². The zero-order valence-corrected chi connectivity index (χ0v) is 19.4. The number of nitrogens with zero attached hydrogens (tertiary/aromatic N) is 2. The number of pyridine rings is 2. The topological polar surface area (TPSA) is 81.2 Å². The van der Waals surface area contributed by atoms with Crippen LogP contribution in [0.4, 0.5) is 19.0 Å². The Hall–Kier alpha value is -3.46. The van der Waals surface area contributed by atoms with Crippen molar-refractivity contribution in [1.29, 1.82) is 0 Å². The van der Waals surface area contributed by atoms with Crippen LogP contribution >= 0.6 is 11.6 Å². The van der Waals surface area contributed by atoms with Crippen molar-refractivity contribution in [3.8, 4) is 11.6 Å². The number of amides is 1. The Balaban J connectivity index is 1.39. The maximum absolute atomic E-state index is 13.1. The number of carbonyl (C=O) groups excluding carboxylic acids is 2. The summed E-state index contributed by atoms with van der Waals surface area (Å²) in [6, 6.07) is 8.34. The van der Waals surface area contributed by atoms with E-state index in [1.165, 1.54) is 18.5 Å². The second-order valence-electron chi connectivity index (χ2n) is 8.40. The van der Waals surface area contributed by atoms with E-state index in [0.717, 1.165) is 30.5 Å². The Bertz CT molecular complexity index is 1280. The normalized spacial score (nSPS) is 13.4. The molecule has 0 unspecified atom stereocenters. The van der Waals surface area contributed by atoms with Gasteiger partial charge in [-0.15, -0.1) is 0 Å². The third-order valence-electron chi connectivity index (χ3n) is 5.47. The van der Waals surface area contributed by atoms with E-state index < -0.39 is 16.8 Å². The molecule has 0 atom stereocenters. The van der Waals surface area contributed by atoms with Crippen molar-refractivity contribution in [3.63, 3.8) is 0 Å². The van der Waals surface area contributed by atoms with E-state index in [2.05, 4.69) is 15.3 Å². The number of carbonyl (C=O) groups is 2. The number of alkyl halides is 3. The zero-order valence-electron chi connectivity index (χ0n) is 18.7. The number of ketones is 1. The standard InChI is InChI=1S/C25H21ClF3N3O3/c1-14-8-23(35-19-6-7-30-22(12-19)32-24(34)16-3-4-16)31-13-17(14)11-18(33)9-15-2-5-21(26)20(10-15)25(27,28)29/h2,5-8,10,12-13,16H,3-4,9,11H2,1H3,(H,30,32,34). The Morgan fingerprint density at radius 2 is 1.89 bits per heavy atom. The highest BCUT2D eigenvalue weighted by Crippen LogP contribution is 2.35. The monoisotopic (exact) mass is 503 g/mol. The van der Waals surface area contributed by atoms with Crippen LogP contribution in [0.3, 0.4) is 0 Å². The first-order valence-corrected chi connectivity index (χ1v) is 11.2. The Labute approximate surface area is 204 Å². The van der Waals surface area contributed by atoms with E-state index >= 15 is 0 Å². The second-order valence-corrected chi connectivity index (χ2v) is 8.80. The first-order valence-electron chi connectivity index (χ1n) is 10.9. The van der Waals surface area contributed by atoms with Gasteiger partial charge in [0.1, 0.15) is 17.4 Å². The van der Waals surface area contributed by atoms with E-state index in [1.807, 2.05) is 0 Å². The molecule has 1 N–H and O–H groups in total. The van der Waals surface area contributed by atoms with Gasteiger partial charge in [0, 0.05) is 43.3 Å². The third-order valence-corrected chi connectivity index (χ3v) is 5.80. The quantitative estimate of drug-likeness (QED) is 0.410. The molecule has 4 rings (SSSR count). The Morgan fingerprint density at radius 1 is 1.11 bits per heavy atom. The summed E-state index contributed by atoms with van der Waals surface area (Å²) in [5, 5.41) is 2.34. The summed E-state index contributed by atoms with van der Waals surface area (Å²) in [4.78, 5) is 32.8. The molecular formula is C25H21ClF3N3O3. The molecule has 1 saturated carbocycles. The number of Topliss-reactive ketones (excluding diaryl/α,β-unsaturated/α-hetero) is 1. The van der Waals surface area contributed by atoms with Gasteiger partial charge in [-0.05, 0) is 54.7 Å². The molecule has 2 aromatic heterocycles. The van der Waals surface area contributed by atoms with Crippen molar-refractivity contribution in [2.45, 2.75) is 38.8 Å². The van der Waals surface area contributed by atoms with Crippen molar-refractivity contribution in [2.75, 3.05) is 5.32 Å². The van der Waals surface area contributed by atoms with E-state index in [0.29, 0.717) is 17.1 Å². The molecule has 0 saturated heterocycles. The third kappa shape index (κ3) is 6.57. The first kappa shape index (κ1) is 24.7. The number of rotatable bonds is 8. The van der Waals surface area contributed by atoms with Gasteiger partial charge in [0.05, 0.1) is 10.6 Å². The summed E-state index contributed by atoms with van der Waals surface area (Å²) < 4.78 is 44.9. The van der Waals surface area contributed by atoms with E-state index in [-0.39, 0.29) is 41.9 Å². The van der Waals surface area contributed by atoms with Gasteiger partial charge in [0.25, 0.3) is 0 Å². The van der Waals surface area contributed by atoms with Gasteiger partial charge in [0.15, 0.2) is 0 Å². The summed E-state index contributed by atoms with van der Waals surface area (Å²) in [5.74, 6) is 0.832. The van der Waals surface area contributed by atoms with Gasteiger partial charge in [-0.2, -0.15) is 13.2 Å². The van der Waals surface area contributed by atoms with Gasteiger partial charge < -0.3 is 10.1 Å². The molecule has 6 nitrogen and oxygen atoms in total. The number of halogens is 4. The van der Waals surface area contributed by atoms with Crippen LogP contribution < -0.4 is 10.1 Å². The molecule has 10 heteroatoms. The van der Waals surface area contributed by atoms with Gasteiger partial charge in [0.2, 0.25) is 11.8 Å². The minimum absolute atomic E-state index is 0.00962. The predicted molar refractivity (Wildman–Crippen MR) is 124 cm³/mol. The van der Waals surface area contributed by atoms with Crippen molar-refractivity contribution in [1.82, 2.24) is 9.97 Å². The van der Waals surface area contributed by atoms with E-state index in [1.54, 1.807) is 25.1 Å². The maximum atomic E-state index is 13.1. The molecule has 1 aliphatic rings. The lowest BCUT2D eigenvalue weighted by Crippen LogP contribution is -2.14. The molecule has 3 aromatic rings. The highest BCUT2D eigenvalue weighted by Gasteiger charge is 2.33. The maximum Gasteiger partial charge on any atom is 0.417 e. The zero-order chi connectivity index (χ0) is 25.2. The van der Waals surface area contributed by atoms with Crippen LogP contribution in [0.15, 0.2) is 48.8 Å². The fourth-order valence-corrected chi connectivity index (χ4v) is 3.66. The van der Waals surface area contributed by atoms with Crippen molar-refractivity contribution in [3.05, 3.63) is 76.1 Å². The van der Waals surface area contributed by atoms with Crippen molar-refractivity contribution >= 4 is 29.1 Å². The summed E-state index contributed by atoms with van der Waals surface area (Å²) in [6.45, 7) is 1.79. The molecule has 0 bridgehead atoms. The van der Waals surface area contributed by atoms with Crippen LogP contribution in [0.2, 0.25) is 5.02 Å². The summed E-state index contributed by atoms with van der Waals surface area (Å²) in [6.07, 6.45) is 0.0366. The van der Waals surface area contributed by atoms with Crippen LogP contribution in [0, 0.1) is 12.8 Å². The fourth-order valence-electron chi connectivity index (χ4n) is 3.44. The number of anilines is 1. The van der Waals surface area contributed by atoms with E-state index in [4.69, 9.17) is 16.3 Å². The number of ether oxygens (including phenoxy) is 1. The first-order chi connectivity index (χ1) is 16.6. The average Bonchev–Trinajstić information content (AvgIpc) is 3.62. The number of hydrogen-bond donors (Lipinski definition) is 1. The number of hydrogen-bond acceptors (Lipinski definition) is 5. The molecule has 1 fully saturated rings. The molecule has 182 valence electrons. The minimum Gasteiger partial charge on any atom is -0.439 e. The molecule has 0 radical (unpaired) electrons. The lowest BCUT2D eigenvalue weighted by atomic mass is 10.00. The van der Waals surface area contributed by atoms with Crippen LogP contribution in [0.5, 0.6) is 11.6 Å². The van der Waals surface area contributed by atoms with Gasteiger partial charge in [-0.1, -0.05) is 17.7 Å². The highest BCUT2D eigenvalue weighted by atomic mass is 35.5. The van der Waals surface area contributed by atoms with E-state index in [9.17, 15) is 22.8 Å². The number of aromatic nitrogens is 2. The largest absolute Gasteiger partial charge is 0.439 e. The number of aryl methyl sites for hydroxylation is 1. The summed E-state index contributed by atoms with van der Waals surface area (Å²) in [5.41, 5.74) is 0.654. The van der Waals surface area contributed by atoms with Gasteiger partial charge >= 0.3 is 6.18 Å². The summed E-state index contributed by atoms with van der Waals surface area (Å²) >= 11 is 5.64. The van der Waals surface area contributed by atoms with Crippen molar-refractivity contribution in [2.24, 2.45) is 5.92 Å². The summed E-state index contributed by atoms with van der Waals surface area (Å²) in [7, 11) is 0. The molecule has 35 heavy (non-hydrogen) atoms. The SMILES string of the molecule is Cc1cc(Oc2ccnc(NC(=O)C3CC3)c2)ncc1CC(=O)Cc1ccc(Cl)c(C(F)(F)F)c1.